The lowest BCUT2D eigenvalue weighted by molar-refractivity contribution is 0.459. The molecule has 1 aromatic carbocycles. The minimum Gasteiger partial charge on any atom is -0.439 e. The molecule has 0 aliphatic carbocycles. The Morgan fingerprint density at radius 3 is 2.74 bits per heavy atom. The summed E-state index contributed by atoms with van der Waals surface area (Å²) in [6.45, 7) is 3.94. The van der Waals surface area contributed by atoms with Gasteiger partial charge in [-0.05, 0) is 43.5 Å². The summed E-state index contributed by atoms with van der Waals surface area (Å²) in [5.74, 6) is 1.28. The highest BCUT2D eigenvalue weighted by atomic mass is 35.5. The van der Waals surface area contributed by atoms with Crippen molar-refractivity contribution in [3.05, 3.63) is 52.7 Å². The monoisotopic (exact) mass is 276 g/mol. The molecule has 2 aromatic rings. The summed E-state index contributed by atoms with van der Waals surface area (Å²) in [4.78, 5) is 4.28. The van der Waals surface area contributed by atoms with Crippen LogP contribution in [0.1, 0.15) is 18.1 Å². The number of rotatable bonds is 4. The Balaban J connectivity index is 2.13. The molecule has 1 atom stereocenters. The zero-order chi connectivity index (χ0) is 13.8. The lowest BCUT2D eigenvalue weighted by atomic mass is 10.1. The first-order valence-corrected chi connectivity index (χ1v) is 6.57. The second kappa shape index (κ2) is 6.04. The number of hydrogen-bond donors (Lipinski definition) is 1. The van der Waals surface area contributed by atoms with Gasteiger partial charge in [-0.15, -0.1) is 0 Å². The van der Waals surface area contributed by atoms with Crippen molar-refractivity contribution in [1.82, 2.24) is 4.98 Å². The van der Waals surface area contributed by atoms with E-state index in [-0.39, 0.29) is 6.04 Å². The molecule has 0 spiro atoms. The van der Waals surface area contributed by atoms with Gasteiger partial charge in [0.25, 0.3) is 0 Å². The van der Waals surface area contributed by atoms with Crippen molar-refractivity contribution < 1.29 is 4.74 Å². The topological polar surface area (TPSA) is 48.1 Å². The number of halogens is 1. The zero-order valence-corrected chi connectivity index (χ0v) is 11.8. The van der Waals surface area contributed by atoms with Gasteiger partial charge in [-0.1, -0.05) is 23.7 Å². The molecule has 0 bridgehead atoms. The summed E-state index contributed by atoms with van der Waals surface area (Å²) in [6.07, 6.45) is 2.60. The first-order chi connectivity index (χ1) is 9.04. The highest BCUT2D eigenvalue weighted by Gasteiger charge is 2.04. The molecular weight excluding hydrogens is 260 g/mol. The third-order valence-electron chi connectivity index (χ3n) is 2.72. The molecular formula is C15H17ClN2O. The van der Waals surface area contributed by atoms with Crippen LogP contribution in [0.4, 0.5) is 0 Å². The zero-order valence-electron chi connectivity index (χ0n) is 11.1. The third-order valence-corrected chi connectivity index (χ3v) is 2.96. The first kappa shape index (κ1) is 13.8. The number of hydrogen-bond acceptors (Lipinski definition) is 3. The third kappa shape index (κ3) is 3.94. The van der Waals surface area contributed by atoms with Gasteiger partial charge in [-0.3, -0.25) is 0 Å². The van der Waals surface area contributed by atoms with Gasteiger partial charge in [0.2, 0.25) is 5.88 Å². The SMILES string of the molecule is Cc1ccc(Cl)cc1Oc1ccc(CC(C)N)cn1. The van der Waals surface area contributed by atoms with Crippen LogP contribution in [0.2, 0.25) is 5.02 Å². The van der Waals surface area contributed by atoms with Crippen LogP contribution in [-0.4, -0.2) is 11.0 Å². The van der Waals surface area contributed by atoms with E-state index in [1.165, 1.54) is 0 Å². The van der Waals surface area contributed by atoms with Crippen molar-refractivity contribution in [2.75, 3.05) is 0 Å². The maximum atomic E-state index is 5.95. The Labute approximate surface area is 118 Å². The lowest BCUT2D eigenvalue weighted by Gasteiger charge is -2.09. The highest BCUT2D eigenvalue weighted by molar-refractivity contribution is 6.30. The molecule has 1 heterocycles. The van der Waals surface area contributed by atoms with Gasteiger partial charge in [0.15, 0.2) is 0 Å². The molecule has 2 rings (SSSR count). The molecule has 0 amide bonds. The van der Waals surface area contributed by atoms with Gasteiger partial charge in [0.1, 0.15) is 5.75 Å². The quantitative estimate of drug-likeness (QED) is 0.926. The summed E-state index contributed by atoms with van der Waals surface area (Å²) in [6, 6.07) is 9.49. The van der Waals surface area contributed by atoms with E-state index in [1.54, 1.807) is 12.3 Å². The predicted molar refractivity (Wildman–Crippen MR) is 77.9 cm³/mol. The Kier molecular flexibility index (Phi) is 4.40. The maximum Gasteiger partial charge on any atom is 0.219 e. The largest absolute Gasteiger partial charge is 0.439 e. The van der Waals surface area contributed by atoms with E-state index in [0.717, 1.165) is 23.3 Å². The summed E-state index contributed by atoms with van der Waals surface area (Å²) < 4.78 is 5.72. The molecule has 0 saturated carbocycles. The summed E-state index contributed by atoms with van der Waals surface area (Å²) in [5.41, 5.74) is 7.87. The molecule has 0 aliphatic rings. The average molecular weight is 277 g/mol. The molecule has 4 heteroatoms. The molecule has 0 fully saturated rings. The summed E-state index contributed by atoms with van der Waals surface area (Å²) >= 11 is 5.95. The number of benzene rings is 1. The van der Waals surface area contributed by atoms with E-state index in [1.807, 2.05) is 38.1 Å². The number of ether oxygens (including phenoxy) is 1. The van der Waals surface area contributed by atoms with Crippen molar-refractivity contribution in [2.45, 2.75) is 26.3 Å². The lowest BCUT2D eigenvalue weighted by Crippen LogP contribution is -2.17. The van der Waals surface area contributed by atoms with Crippen LogP contribution >= 0.6 is 11.6 Å². The predicted octanol–water partition coefficient (Wildman–Crippen LogP) is 3.73. The van der Waals surface area contributed by atoms with E-state index >= 15 is 0 Å². The number of aromatic nitrogens is 1. The second-order valence-electron chi connectivity index (χ2n) is 4.70. The summed E-state index contributed by atoms with van der Waals surface area (Å²) in [5, 5.41) is 0.647. The van der Waals surface area contributed by atoms with Gasteiger partial charge in [-0.25, -0.2) is 4.98 Å². The maximum absolute atomic E-state index is 5.95. The Morgan fingerprint density at radius 1 is 1.32 bits per heavy atom. The van der Waals surface area contributed by atoms with Gasteiger partial charge in [0, 0.05) is 23.3 Å². The fourth-order valence-corrected chi connectivity index (χ4v) is 1.92. The highest BCUT2D eigenvalue weighted by Crippen LogP contribution is 2.26. The van der Waals surface area contributed by atoms with Crippen LogP contribution in [0.15, 0.2) is 36.5 Å². The molecule has 3 nitrogen and oxygen atoms in total. The number of nitrogens with zero attached hydrogens (tertiary/aromatic N) is 1. The Bertz CT molecular complexity index is 553. The molecule has 2 N–H and O–H groups in total. The van der Waals surface area contributed by atoms with E-state index in [4.69, 9.17) is 22.1 Å². The standard InChI is InChI=1S/C15H17ClN2O/c1-10-3-5-13(16)8-14(10)19-15-6-4-12(9-18-15)7-11(2)17/h3-6,8-9,11H,7,17H2,1-2H3. The Morgan fingerprint density at radius 2 is 2.11 bits per heavy atom. The van der Waals surface area contributed by atoms with Gasteiger partial charge >= 0.3 is 0 Å². The van der Waals surface area contributed by atoms with Crippen LogP contribution in [0.25, 0.3) is 0 Å². The van der Waals surface area contributed by atoms with Gasteiger partial charge in [0.05, 0.1) is 0 Å². The minimum absolute atomic E-state index is 0.128. The molecule has 100 valence electrons. The van der Waals surface area contributed by atoms with Crippen LogP contribution < -0.4 is 10.5 Å². The van der Waals surface area contributed by atoms with Crippen LogP contribution in [0, 0.1) is 6.92 Å². The fourth-order valence-electron chi connectivity index (χ4n) is 1.76. The molecule has 19 heavy (non-hydrogen) atoms. The minimum atomic E-state index is 0.128. The normalized spacial score (nSPS) is 12.2. The van der Waals surface area contributed by atoms with Gasteiger partial charge < -0.3 is 10.5 Å². The van der Waals surface area contributed by atoms with E-state index in [9.17, 15) is 0 Å². The first-order valence-electron chi connectivity index (χ1n) is 6.19. The number of pyridine rings is 1. The van der Waals surface area contributed by atoms with E-state index < -0.39 is 0 Å². The van der Waals surface area contributed by atoms with Crippen LogP contribution in [0.5, 0.6) is 11.6 Å². The molecule has 1 unspecified atom stereocenters. The summed E-state index contributed by atoms with van der Waals surface area (Å²) in [7, 11) is 0. The van der Waals surface area contributed by atoms with E-state index in [2.05, 4.69) is 4.98 Å². The van der Waals surface area contributed by atoms with Crippen LogP contribution in [-0.2, 0) is 6.42 Å². The van der Waals surface area contributed by atoms with Crippen molar-refractivity contribution in [2.24, 2.45) is 5.73 Å². The molecule has 0 saturated heterocycles. The van der Waals surface area contributed by atoms with Crippen molar-refractivity contribution in [3.63, 3.8) is 0 Å². The molecule has 1 aromatic heterocycles. The molecule has 0 radical (unpaired) electrons. The van der Waals surface area contributed by atoms with Crippen molar-refractivity contribution in [3.8, 4) is 11.6 Å². The van der Waals surface area contributed by atoms with Crippen molar-refractivity contribution >= 4 is 11.6 Å². The van der Waals surface area contributed by atoms with Crippen molar-refractivity contribution in [1.29, 1.82) is 0 Å². The average Bonchev–Trinajstić information content (AvgIpc) is 2.35. The Hall–Kier alpha value is -1.58. The number of nitrogens with two attached hydrogens (primary N) is 1. The molecule has 0 aliphatic heterocycles. The van der Waals surface area contributed by atoms with Gasteiger partial charge in [-0.2, -0.15) is 0 Å². The number of aryl methyl sites for hydroxylation is 1. The second-order valence-corrected chi connectivity index (χ2v) is 5.13. The fraction of sp³-hybridized carbons (Fsp3) is 0.267. The smallest absolute Gasteiger partial charge is 0.219 e. The van der Waals surface area contributed by atoms with E-state index in [0.29, 0.717) is 10.9 Å². The van der Waals surface area contributed by atoms with Crippen LogP contribution in [0.3, 0.4) is 0 Å².